The SMILES string of the molecule is COCCNC(=O)c1ccc(CNS(=O)(=O)c2ccc(OC)cc2)cc1. The lowest BCUT2D eigenvalue weighted by Gasteiger charge is -2.09. The molecule has 0 atom stereocenters. The van der Waals surface area contributed by atoms with E-state index in [1.165, 1.54) is 19.2 Å². The lowest BCUT2D eigenvalue weighted by molar-refractivity contribution is 0.0937. The summed E-state index contributed by atoms with van der Waals surface area (Å²) >= 11 is 0. The van der Waals surface area contributed by atoms with Crippen LogP contribution in [0.3, 0.4) is 0 Å². The van der Waals surface area contributed by atoms with Crippen LogP contribution in [0.2, 0.25) is 0 Å². The van der Waals surface area contributed by atoms with Crippen molar-refractivity contribution >= 4 is 15.9 Å². The van der Waals surface area contributed by atoms with Crippen LogP contribution >= 0.6 is 0 Å². The average molecular weight is 378 g/mol. The molecule has 0 aromatic heterocycles. The fourth-order valence-corrected chi connectivity index (χ4v) is 3.18. The van der Waals surface area contributed by atoms with Crippen LogP contribution < -0.4 is 14.8 Å². The molecule has 0 spiro atoms. The Morgan fingerprint density at radius 2 is 1.65 bits per heavy atom. The molecule has 0 fully saturated rings. The van der Waals surface area contributed by atoms with Gasteiger partial charge in [0.1, 0.15) is 5.75 Å². The van der Waals surface area contributed by atoms with E-state index in [0.717, 1.165) is 5.56 Å². The maximum atomic E-state index is 12.3. The van der Waals surface area contributed by atoms with Crippen LogP contribution in [0.1, 0.15) is 15.9 Å². The van der Waals surface area contributed by atoms with Gasteiger partial charge in [-0.1, -0.05) is 12.1 Å². The number of carbonyl (C=O) groups is 1. The van der Waals surface area contributed by atoms with Crippen molar-refractivity contribution in [3.63, 3.8) is 0 Å². The summed E-state index contributed by atoms with van der Waals surface area (Å²) < 4.78 is 37.0. The van der Waals surface area contributed by atoms with Gasteiger partial charge in [-0.05, 0) is 42.0 Å². The highest BCUT2D eigenvalue weighted by Crippen LogP contribution is 2.15. The number of ether oxygens (including phenoxy) is 2. The van der Waals surface area contributed by atoms with Gasteiger partial charge in [0.2, 0.25) is 10.0 Å². The average Bonchev–Trinajstić information content (AvgIpc) is 2.67. The highest BCUT2D eigenvalue weighted by molar-refractivity contribution is 7.89. The molecule has 1 amide bonds. The summed E-state index contributed by atoms with van der Waals surface area (Å²) in [6.07, 6.45) is 0. The minimum Gasteiger partial charge on any atom is -0.497 e. The van der Waals surface area contributed by atoms with Crippen molar-refractivity contribution in [2.45, 2.75) is 11.4 Å². The van der Waals surface area contributed by atoms with E-state index in [1.807, 2.05) is 0 Å². The van der Waals surface area contributed by atoms with Crippen molar-refractivity contribution in [3.8, 4) is 5.75 Å². The first-order valence-electron chi connectivity index (χ1n) is 7.96. The third-order valence-electron chi connectivity index (χ3n) is 3.64. The molecule has 2 rings (SSSR count). The molecule has 7 nitrogen and oxygen atoms in total. The molecule has 140 valence electrons. The molecule has 0 radical (unpaired) electrons. The van der Waals surface area contributed by atoms with Gasteiger partial charge >= 0.3 is 0 Å². The van der Waals surface area contributed by atoms with Crippen molar-refractivity contribution in [1.82, 2.24) is 10.0 Å². The van der Waals surface area contributed by atoms with Crippen molar-refractivity contribution in [2.24, 2.45) is 0 Å². The Morgan fingerprint density at radius 3 is 2.23 bits per heavy atom. The van der Waals surface area contributed by atoms with Gasteiger partial charge in [-0.15, -0.1) is 0 Å². The van der Waals surface area contributed by atoms with E-state index in [2.05, 4.69) is 10.0 Å². The van der Waals surface area contributed by atoms with Crippen LogP contribution in [0.25, 0.3) is 0 Å². The number of benzene rings is 2. The first-order valence-corrected chi connectivity index (χ1v) is 9.44. The topological polar surface area (TPSA) is 93.7 Å². The van der Waals surface area contributed by atoms with Gasteiger partial charge in [0.05, 0.1) is 18.6 Å². The number of rotatable bonds is 9. The number of hydrogen-bond acceptors (Lipinski definition) is 5. The second-order valence-electron chi connectivity index (χ2n) is 5.45. The summed E-state index contributed by atoms with van der Waals surface area (Å²) in [6, 6.07) is 12.9. The number of amides is 1. The second-order valence-corrected chi connectivity index (χ2v) is 7.21. The minimum atomic E-state index is -3.62. The predicted octanol–water partition coefficient (Wildman–Crippen LogP) is 1.55. The number of methoxy groups -OCH3 is 2. The smallest absolute Gasteiger partial charge is 0.251 e. The van der Waals surface area contributed by atoms with E-state index in [-0.39, 0.29) is 17.3 Å². The van der Waals surface area contributed by atoms with Crippen LogP contribution in [-0.4, -0.2) is 41.7 Å². The first kappa shape index (κ1) is 19.9. The predicted molar refractivity (Wildman–Crippen MR) is 97.7 cm³/mol. The number of nitrogens with one attached hydrogen (secondary N) is 2. The Morgan fingerprint density at radius 1 is 1.00 bits per heavy atom. The molecule has 0 aliphatic carbocycles. The lowest BCUT2D eigenvalue weighted by atomic mass is 10.1. The third-order valence-corrected chi connectivity index (χ3v) is 5.06. The maximum Gasteiger partial charge on any atom is 0.251 e. The van der Waals surface area contributed by atoms with Crippen molar-refractivity contribution in [1.29, 1.82) is 0 Å². The van der Waals surface area contributed by atoms with E-state index < -0.39 is 10.0 Å². The number of hydrogen-bond donors (Lipinski definition) is 2. The molecule has 0 heterocycles. The van der Waals surface area contributed by atoms with Crippen LogP contribution in [0, 0.1) is 0 Å². The van der Waals surface area contributed by atoms with Crippen molar-refractivity contribution in [2.75, 3.05) is 27.4 Å². The molecular weight excluding hydrogens is 356 g/mol. The molecule has 26 heavy (non-hydrogen) atoms. The van der Waals surface area contributed by atoms with Crippen LogP contribution in [0.5, 0.6) is 5.75 Å². The fraction of sp³-hybridized carbons (Fsp3) is 0.278. The quantitative estimate of drug-likeness (QED) is 0.646. The van der Waals surface area contributed by atoms with E-state index in [9.17, 15) is 13.2 Å². The van der Waals surface area contributed by atoms with E-state index >= 15 is 0 Å². The highest BCUT2D eigenvalue weighted by Gasteiger charge is 2.14. The largest absolute Gasteiger partial charge is 0.497 e. The van der Waals surface area contributed by atoms with Gasteiger partial charge in [0.25, 0.3) is 5.91 Å². The second kappa shape index (κ2) is 9.33. The van der Waals surface area contributed by atoms with Gasteiger partial charge in [0, 0.05) is 25.8 Å². The minimum absolute atomic E-state index is 0.125. The Balaban J connectivity index is 1.95. The van der Waals surface area contributed by atoms with Gasteiger partial charge in [-0.25, -0.2) is 13.1 Å². The summed E-state index contributed by atoms with van der Waals surface area (Å²) in [4.78, 5) is 12.1. The Hall–Kier alpha value is -2.42. The normalized spacial score (nSPS) is 11.2. The molecule has 8 heteroatoms. The zero-order chi connectivity index (χ0) is 19.0. The van der Waals surface area contributed by atoms with Crippen molar-refractivity contribution < 1.29 is 22.7 Å². The van der Waals surface area contributed by atoms with E-state index in [1.54, 1.807) is 43.5 Å². The Bertz CT molecular complexity index is 818. The number of carbonyl (C=O) groups excluding carboxylic acids is 1. The van der Waals surface area contributed by atoms with Crippen LogP contribution in [-0.2, 0) is 21.3 Å². The zero-order valence-corrected chi connectivity index (χ0v) is 15.5. The summed E-state index contributed by atoms with van der Waals surface area (Å²) in [6.45, 7) is 0.996. The third kappa shape index (κ3) is 5.55. The molecule has 2 aromatic rings. The van der Waals surface area contributed by atoms with Gasteiger partial charge in [0.15, 0.2) is 0 Å². The molecule has 0 unspecified atom stereocenters. The number of sulfonamides is 1. The highest BCUT2D eigenvalue weighted by atomic mass is 32.2. The molecule has 2 N–H and O–H groups in total. The van der Waals surface area contributed by atoms with Crippen molar-refractivity contribution in [3.05, 3.63) is 59.7 Å². The van der Waals surface area contributed by atoms with Crippen LogP contribution in [0.4, 0.5) is 0 Å². The summed E-state index contributed by atoms with van der Waals surface area (Å²) in [5.74, 6) is 0.385. The van der Waals surface area contributed by atoms with Gasteiger partial charge < -0.3 is 14.8 Å². The molecule has 0 bridgehead atoms. The Kier molecular flexibility index (Phi) is 7.14. The standard InChI is InChI=1S/C18H22N2O5S/c1-24-12-11-19-18(21)15-5-3-14(4-6-15)13-20-26(22,23)17-9-7-16(25-2)8-10-17/h3-10,20H,11-13H2,1-2H3,(H,19,21). The maximum absolute atomic E-state index is 12.3. The lowest BCUT2D eigenvalue weighted by Crippen LogP contribution is -2.27. The van der Waals surface area contributed by atoms with Gasteiger partial charge in [-0.3, -0.25) is 4.79 Å². The molecule has 2 aromatic carbocycles. The van der Waals surface area contributed by atoms with E-state index in [4.69, 9.17) is 9.47 Å². The first-order chi connectivity index (χ1) is 12.5. The van der Waals surface area contributed by atoms with Crippen LogP contribution in [0.15, 0.2) is 53.4 Å². The molecule has 0 saturated heterocycles. The summed E-state index contributed by atoms with van der Waals surface area (Å²) in [5.41, 5.74) is 1.25. The fourth-order valence-electron chi connectivity index (χ4n) is 2.16. The molecule has 0 saturated carbocycles. The molecule has 0 aliphatic heterocycles. The molecule has 0 aliphatic rings. The summed E-state index contributed by atoms with van der Waals surface area (Å²) in [5, 5.41) is 2.72. The summed E-state index contributed by atoms with van der Waals surface area (Å²) in [7, 11) is -0.543. The molecular formula is C18H22N2O5S. The van der Waals surface area contributed by atoms with E-state index in [0.29, 0.717) is 24.5 Å². The monoisotopic (exact) mass is 378 g/mol. The van der Waals surface area contributed by atoms with Gasteiger partial charge in [-0.2, -0.15) is 0 Å². The zero-order valence-electron chi connectivity index (χ0n) is 14.7. The Labute approximate surface area is 153 Å².